The summed E-state index contributed by atoms with van der Waals surface area (Å²) in [6, 6.07) is 4.16. The molecule has 0 saturated heterocycles. The molecular formula is C17H10F2N2O2S. The highest BCUT2D eigenvalue weighted by Gasteiger charge is 2.22. The molecule has 0 bridgehead atoms. The van der Waals surface area contributed by atoms with E-state index in [1.54, 1.807) is 12.3 Å². The average Bonchev–Trinajstić information content (AvgIpc) is 3.23. The lowest BCUT2D eigenvalue weighted by atomic mass is 10.0. The molecule has 0 atom stereocenters. The van der Waals surface area contributed by atoms with Crippen molar-refractivity contribution in [1.82, 2.24) is 9.97 Å². The van der Waals surface area contributed by atoms with Gasteiger partial charge in [-0.05, 0) is 28.5 Å². The molecular weight excluding hydrogens is 334 g/mol. The Bertz CT molecular complexity index is 1030. The number of hydrogen-bond acceptors (Lipinski definition) is 4. The summed E-state index contributed by atoms with van der Waals surface area (Å²) in [5, 5.41) is 24.3. The van der Waals surface area contributed by atoms with Crippen LogP contribution in [-0.2, 0) is 0 Å². The molecule has 1 aromatic carbocycles. The summed E-state index contributed by atoms with van der Waals surface area (Å²) < 4.78 is 27.4. The van der Waals surface area contributed by atoms with Crippen molar-refractivity contribution in [1.29, 1.82) is 0 Å². The van der Waals surface area contributed by atoms with Crippen LogP contribution < -0.4 is 0 Å². The van der Waals surface area contributed by atoms with Crippen molar-refractivity contribution in [3.8, 4) is 33.8 Å². The SMILES string of the molecule is Oc1c(F)cc(F)c(O)c1-c1c[nH]c2ncc(-c3ccsc3)cc12. The van der Waals surface area contributed by atoms with Gasteiger partial charge in [-0.3, -0.25) is 0 Å². The number of hydrogen-bond donors (Lipinski definition) is 3. The van der Waals surface area contributed by atoms with E-state index in [2.05, 4.69) is 9.97 Å². The normalized spacial score (nSPS) is 11.2. The third kappa shape index (κ3) is 2.13. The third-order valence-electron chi connectivity index (χ3n) is 3.83. The van der Waals surface area contributed by atoms with Crippen molar-refractivity contribution >= 4 is 22.4 Å². The van der Waals surface area contributed by atoms with Crippen LogP contribution in [-0.4, -0.2) is 20.2 Å². The van der Waals surface area contributed by atoms with Crippen molar-refractivity contribution < 1.29 is 19.0 Å². The lowest BCUT2D eigenvalue weighted by Gasteiger charge is -2.08. The molecule has 3 heterocycles. The Hall–Kier alpha value is -2.93. The molecule has 3 aromatic heterocycles. The predicted octanol–water partition coefficient (Wildman–Crippen LogP) is 4.65. The molecule has 0 amide bonds. The number of aromatic amines is 1. The zero-order chi connectivity index (χ0) is 16.8. The first-order valence-corrected chi connectivity index (χ1v) is 7.90. The van der Waals surface area contributed by atoms with Gasteiger partial charge < -0.3 is 15.2 Å². The maximum absolute atomic E-state index is 13.7. The molecule has 0 aliphatic rings. The highest BCUT2D eigenvalue weighted by Crippen LogP contribution is 2.43. The second-order valence-corrected chi connectivity index (χ2v) is 6.03. The lowest BCUT2D eigenvalue weighted by molar-refractivity contribution is 0.401. The summed E-state index contributed by atoms with van der Waals surface area (Å²) >= 11 is 1.54. The summed E-state index contributed by atoms with van der Waals surface area (Å²) in [6.07, 6.45) is 3.12. The van der Waals surface area contributed by atoms with Gasteiger partial charge in [-0.2, -0.15) is 11.3 Å². The number of nitrogens with zero attached hydrogens (tertiary/aromatic N) is 1. The fraction of sp³-hybridized carbons (Fsp3) is 0. The maximum Gasteiger partial charge on any atom is 0.168 e. The number of rotatable bonds is 2. The van der Waals surface area contributed by atoms with E-state index < -0.39 is 23.1 Å². The van der Waals surface area contributed by atoms with E-state index in [0.717, 1.165) is 11.1 Å². The molecule has 0 spiro atoms. The molecule has 7 heteroatoms. The van der Waals surface area contributed by atoms with Crippen molar-refractivity contribution in [3.05, 3.63) is 53.0 Å². The number of thiophene rings is 1. The zero-order valence-electron chi connectivity index (χ0n) is 12.0. The maximum atomic E-state index is 13.7. The van der Waals surface area contributed by atoms with Gasteiger partial charge in [0.15, 0.2) is 23.1 Å². The fourth-order valence-corrected chi connectivity index (χ4v) is 3.32. The number of nitrogens with one attached hydrogen (secondary N) is 1. The van der Waals surface area contributed by atoms with Gasteiger partial charge in [0.05, 0.1) is 5.56 Å². The Balaban J connectivity index is 2.00. The van der Waals surface area contributed by atoms with E-state index >= 15 is 0 Å². The van der Waals surface area contributed by atoms with Gasteiger partial charge in [0.25, 0.3) is 0 Å². The molecule has 4 nitrogen and oxygen atoms in total. The third-order valence-corrected chi connectivity index (χ3v) is 4.52. The molecule has 0 radical (unpaired) electrons. The minimum atomic E-state index is -1.14. The lowest BCUT2D eigenvalue weighted by Crippen LogP contribution is -1.89. The second-order valence-electron chi connectivity index (χ2n) is 5.25. The van der Waals surface area contributed by atoms with Gasteiger partial charge in [0.2, 0.25) is 0 Å². The largest absolute Gasteiger partial charge is 0.504 e. The Labute approximate surface area is 138 Å². The predicted molar refractivity (Wildman–Crippen MR) is 88.1 cm³/mol. The van der Waals surface area contributed by atoms with Crippen LogP contribution in [0.5, 0.6) is 11.5 Å². The van der Waals surface area contributed by atoms with E-state index in [4.69, 9.17) is 0 Å². The minimum absolute atomic E-state index is 0.267. The topological polar surface area (TPSA) is 69.1 Å². The van der Waals surface area contributed by atoms with E-state index in [1.165, 1.54) is 17.5 Å². The number of phenols is 2. The first kappa shape index (κ1) is 14.6. The Morgan fingerprint density at radius 1 is 1.04 bits per heavy atom. The molecule has 4 rings (SSSR count). The number of pyridine rings is 1. The number of H-pyrrole nitrogens is 1. The van der Waals surface area contributed by atoms with E-state index in [9.17, 15) is 19.0 Å². The van der Waals surface area contributed by atoms with Gasteiger partial charge in [-0.25, -0.2) is 13.8 Å². The summed E-state index contributed by atoms with van der Waals surface area (Å²) in [5.41, 5.74) is 2.22. The van der Waals surface area contributed by atoms with E-state index in [0.29, 0.717) is 17.1 Å². The van der Waals surface area contributed by atoms with Crippen LogP contribution in [0.25, 0.3) is 33.3 Å². The molecule has 3 N–H and O–H groups in total. The molecule has 120 valence electrons. The summed E-state index contributed by atoms with van der Waals surface area (Å²) in [7, 11) is 0. The Kier molecular flexibility index (Phi) is 3.24. The van der Waals surface area contributed by atoms with E-state index in [-0.39, 0.29) is 11.1 Å². The van der Waals surface area contributed by atoms with Gasteiger partial charge in [-0.15, -0.1) is 0 Å². The number of fused-ring (bicyclic) bond motifs is 1. The summed E-state index contributed by atoms with van der Waals surface area (Å²) in [5.74, 6) is -3.90. The van der Waals surface area contributed by atoms with Crippen molar-refractivity contribution in [3.63, 3.8) is 0 Å². The number of phenolic OH excluding ortho intramolecular Hbond substituents is 2. The monoisotopic (exact) mass is 344 g/mol. The summed E-state index contributed by atoms with van der Waals surface area (Å²) in [4.78, 5) is 7.16. The van der Waals surface area contributed by atoms with Crippen molar-refractivity contribution in [2.75, 3.05) is 0 Å². The van der Waals surface area contributed by atoms with Gasteiger partial charge >= 0.3 is 0 Å². The van der Waals surface area contributed by atoms with Crippen LogP contribution in [0.2, 0.25) is 0 Å². The first-order valence-electron chi connectivity index (χ1n) is 6.96. The number of halogens is 2. The van der Waals surface area contributed by atoms with Gasteiger partial charge in [-0.1, -0.05) is 0 Å². The molecule has 0 aliphatic carbocycles. The standard InChI is InChI=1S/C17H10F2N2O2S/c18-12-4-13(19)16(23)14(15(12)22)11-6-21-17-10(11)3-9(5-20-17)8-1-2-24-7-8/h1-7,22-23H,(H,20,21). The molecule has 0 aliphatic heterocycles. The van der Waals surface area contributed by atoms with Gasteiger partial charge in [0, 0.05) is 35.0 Å². The highest BCUT2D eigenvalue weighted by atomic mass is 32.1. The van der Waals surface area contributed by atoms with Crippen LogP contribution in [0.1, 0.15) is 0 Å². The number of aromatic hydroxyl groups is 2. The van der Waals surface area contributed by atoms with Crippen LogP contribution in [0.4, 0.5) is 8.78 Å². The smallest absolute Gasteiger partial charge is 0.168 e. The fourth-order valence-electron chi connectivity index (χ4n) is 2.65. The molecule has 0 unspecified atom stereocenters. The van der Waals surface area contributed by atoms with Crippen LogP contribution in [0.15, 0.2) is 41.4 Å². The average molecular weight is 344 g/mol. The van der Waals surface area contributed by atoms with E-state index in [1.807, 2.05) is 16.8 Å². The molecule has 0 fully saturated rings. The zero-order valence-corrected chi connectivity index (χ0v) is 12.9. The Morgan fingerprint density at radius 3 is 2.46 bits per heavy atom. The van der Waals surface area contributed by atoms with Crippen LogP contribution in [0, 0.1) is 11.6 Å². The Morgan fingerprint density at radius 2 is 1.79 bits per heavy atom. The first-order chi connectivity index (χ1) is 11.6. The molecule has 4 aromatic rings. The van der Waals surface area contributed by atoms with Crippen LogP contribution in [0.3, 0.4) is 0 Å². The second kappa shape index (κ2) is 5.31. The van der Waals surface area contributed by atoms with Crippen molar-refractivity contribution in [2.45, 2.75) is 0 Å². The van der Waals surface area contributed by atoms with Crippen molar-refractivity contribution in [2.24, 2.45) is 0 Å². The number of aromatic nitrogens is 2. The quantitative estimate of drug-likeness (QED) is 0.496. The molecule has 24 heavy (non-hydrogen) atoms. The van der Waals surface area contributed by atoms with Crippen LogP contribution >= 0.6 is 11.3 Å². The number of benzene rings is 1. The molecule has 0 saturated carbocycles. The minimum Gasteiger partial charge on any atom is -0.504 e. The summed E-state index contributed by atoms with van der Waals surface area (Å²) in [6.45, 7) is 0. The highest BCUT2D eigenvalue weighted by molar-refractivity contribution is 7.08. The van der Waals surface area contributed by atoms with Gasteiger partial charge in [0.1, 0.15) is 5.65 Å².